The van der Waals surface area contributed by atoms with Crippen LogP contribution in [-0.2, 0) is 10.3 Å². The number of aliphatic imine (C=N–C) groups is 1. The van der Waals surface area contributed by atoms with Gasteiger partial charge in [-0.25, -0.2) is 9.38 Å². The first-order valence-corrected chi connectivity index (χ1v) is 8.45. The number of ether oxygens (including phenoxy) is 1. The van der Waals surface area contributed by atoms with Gasteiger partial charge >= 0.3 is 0 Å². The normalized spacial score (nSPS) is 23.6. The Hall–Kier alpha value is -2.89. The first kappa shape index (κ1) is 16.6. The zero-order valence-electron chi connectivity index (χ0n) is 14.9. The molecule has 2 aliphatic rings. The van der Waals surface area contributed by atoms with Gasteiger partial charge in [0.1, 0.15) is 17.2 Å². The smallest absolute Gasteiger partial charge is 0.261 e. The molecule has 6 heteroatoms. The van der Waals surface area contributed by atoms with Crippen molar-refractivity contribution in [3.63, 3.8) is 0 Å². The average molecular weight is 353 g/mol. The number of hydrogen-bond acceptors (Lipinski definition) is 4. The largest absolute Gasteiger partial charge is 0.487 e. The lowest BCUT2D eigenvalue weighted by atomic mass is 9.77. The van der Waals surface area contributed by atoms with Crippen molar-refractivity contribution in [2.24, 2.45) is 10.7 Å². The van der Waals surface area contributed by atoms with Crippen LogP contribution >= 0.6 is 0 Å². The van der Waals surface area contributed by atoms with Gasteiger partial charge in [0.05, 0.1) is 0 Å². The van der Waals surface area contributed by atoms with E-state index < -0.39 is 11.1 Å². The minimum absolute atomic E-state index is 0.177. The molecule has 0 fully saturated rings. The second-order valence-electron chi connectivity index (χ2n) is 7.45. The third kappa shape index (κ3) is 2.36. The fourth-order valence-electron chi connectivity index (χ4n) is 3.83. The molecule has 0 aromatic heterocycles. The lowest BCUT2D eigenvalue weighted by Gasteiger charge is -2.41. The van der Waals surface area contributed by atoms with Crippen LogP contribution in [0, 0.1) is 5.82 Å². The van der Waals surface area contributed by atoms with Crippen molar-refractivity contribution in [3.05, 3.63) is 53.8 Å². The number of nitrogens with two attached hydrogens (primary N) is 1. The summed E-state index contributed by atoms with van der Waals surface area (Å²) in [6, 6.07) is 11.9. The van der Waals surface area contributed by atoms with Crippen molar-refractivity contribution in [1.82, 2.24) is 4.90 Å². The summed E-state index contributed by atoms with van der Waals surface area (Å²) in [6.45, 7) is 3.85. The number of benzene rings is 2. The van der Waals surface area contributed by atoms with Crippen LogP contribution in [0.4, 0.5) is 4.39 Å². The van der Waals surface area contributed by atoms with Crippen LogP contribution in [0.5, 0.6) is 5.75 Å². The maximum atomic E-state index is 13.6. The Balaban J connectivity index is 1.93. The number of halogens is 1. The fourth-order valence-corrected chi connectivity index (χ4v) is 3.83. The Morgan fingerprint density at radius 1 is 1.19 bits per heavy atom. The van der Waals surface area contributed by atoms with Gasteiger partial charge in [0.15, 0.2) is 11.5 Å². The molecule has 4 rings (SSSR count). The predicted molar refractivity (Wildman–Crippen MR) is 97.2 cm³/mol. The number of fused-ring (bicyclic) bond motifs is 2. The molecule has 5 nitrogen and oxygen atoms in total. The lowest BCUT2D eigenvalue weighted by Crippen LogP contribution is -2.49. The number of likely N-dealkylation sites (N-methyl/N-ethyl adjacent to an activating group) is 1. The molecule has 0 saturated carbocycles. The number of guanidine groups is 1. The van der Waals surface area contributed by atoms with Crippen LogP contribution in [0.1, 0.15) is 25.8 Å². The van der Waals surface area contributed by atoms with E-state index in [9.17, 15) is 9.18 Å². The van der Waals surface area contributed by atoms with Gasteiger partial charge in [-0.2, -0.15) is 0 Å². The fraction of sp³-hybridized carbons (Fsp3) is 0.300. The van der Waals surface area contributed by atoms with Crippen LogP contribution in [0.2, 0.25) is 0 Å². The third-order valence-electron chi connectivity index (χ3n) is 4.96. The van der Waals surface area contributed by atoms with Crippen molar-refractivity contribution in [2.75, 3.05) is 7.05 Å². The Bertz CT molecular complexity index is 954. The summed E-state index contributed by atoms with van der Waals surface area (Å²) >= 11 is 0. The van der Waals surface area contributed by atoms with Gasteiger partial charge in [0, 0.05) is 19.0 Å². The standard InChI is InChI=1S/C20H20FN3O2/c1-19(2)11-20(17(25)24(3)18(22)23-20)15-10-13(7-8-16(15)26-19)12-5-4-6-14(21)9-12/h4-10H,11H2,1-3H3,(H2,22,23). The second-order valence-corrected chi connectivity index (χ2v) is 7.45. The number of hydrogen-bond donors (Lipinski definition) is 1. The molecule has 2 N–H and O–H groups in total. The Labute approximate surface area is 151 Å². The number of carbonyl (C=O) groups is 1. The molecular weight excluding hydrogens is 333 g/mol. The van der Waals surface area contributed by atoms with Crippen molar-refractivity contribution in [1.29, 1.82) is 0 Å². The molecule has 1 amide bonds. The van der Waals surface area contributed by atoms with E-state index >= 15 is 0 Å². The molecule has 26 heavy (non-hydrogen) atoms. The molecule has 0 saturated heterocycles. The van der Waals surface area contributed by atoms with E-state index in [0.717, 1.165) is 11.1 Å². The first-order valence-electron chi connectivity index (χ1n) is 8.45. The zero-order valence-corrected chi connectivity index (χ0v) is 14.9. The highest BCUT2D eigenvalue weighted by Gasteiger charge is 2.55. The molecule has 0 bridgehead atoms. The molecule has 0 aliphatic carbocycles. The summed E-state index contributed by atoms with van der Waals surface area (Å²) in [5.74, 6) is 0.298. The van der Waals surface area contributed by atoms with Gasteiger partial charge in [-0.3, -0.25) is 9.69 Å². The van der Waals surface area contributed by atoms with E-state index in [1.54, 1.807) is 13.1 Å². The molecule has 2 heterocycles. The summed E-state index contributed by atoms with van der Waals surface area (Å²) in [5.41, 5.74) is 6.45. The van der Waals surface area contributed by atoms with E-state index in [1.165, 1.54) is 17.0 Å². The Kier molecular flexibility index (Phi) is 3.38. The van der Waals surface area contributed by atoms with E-state index in [4.69, 9.17) is 10.5 Å². The van der Waals surface area contributed by atoms with Crippen molar-refractivity contribution in [3.8, 4) is 16.9 Å². The van der Waals surface area contributed by atoms with Crippen molar-refractivity contribution < 1.29 is 13.9 Å². The monoisotopic (exact) mass is 353 g/mol. The van der Waals surface area contributed by atoms with E-state index in [-0.39, 0.29) is 17.7 Å². The maximum Gasteiger partial charge on any atom is 0.261 e. The molecule has 1 spiro atoms. The quantitative estimate of drug-likeness (QED) is 0.857. The van der Waals surface area contributed by atoms with E-state index in [2.05, 4.69) is 4.99 Å². The SMILES string of the molecule is CN1C(=O)C2(CC(C)(C)Oc3ccc(-c4cccc(F)c4)cc32)N=C1N. The zero-order chi connectivity index (χ0) is 18.7. The van der Waals surface area contributed by atoms with E-state index in [1.807, 2.05) is 38.1 Å². The van der Waals surface area contributed by atoms with Gasteiger partial charge in [-0.15, -0.1) is 0 Å². The average Bonchev–Trinajstić information content (AvgIpc) is 2.78. The molecule has 2 aromatic carbocycles. The molecule has 2 aliphatic heterocycles. The van der Waals surface area contributed by atoms with Crippen molar-refractivity contribution in [2.45, 2.75) is 31.4 Å². The topological polar surface area (TPSA) is 67.9 Å². The molecule has 1 unspecified atom stereocenters. The summed E-state index contributed by atoms with van der Waals surface area (Å²) < 4.78 is 19.7. The predicted octanol–water partition coefficient (Wildman–Crippen LogP) is 3.04. The van der Waals surface area contributed by atoms with Crippen LogP contribution in [-0.4, -0.2) is 29.4 Å². The van der Waals surface area contributed by atoms with Gasteiger partial charge in [-0.05, 0) is 49.2 Å². The summed E-state index contributed by atoms with van der Waals surface area (Å²) in [5, 5.41) is 0. The van der Waals surface area contributed by atoms with Crippen LogP contribution in [0.3, 0.4) is 0 Å². The third-order valence-corrected chi connectivity index (χ3v) is 4.96. The molecule has 0 radical (unpaired) electrons. The molecule has 2 aromatic rings. The molecule has 1 atom stereocenters. The Morgan fingerprint density at radius 3 is 2.58 bits per heavy atom. The molecule has 134 valence electrons. The number of rotatable bonds is 1. The van der Waals surface area contributed by atoms with E-state index in [0.29, 0.717) is 17.7 Å². The minimum Gasteiger partial charge on any atom is -0.487 e. The van der Waals surface area contributed by atoms with Gasteiger partial charge < -0.3 is 10.5 Å². The summed E-state index contributed by atoms with van der Waals surface area (Å²) in [6.07, 6.45) is 0.378. The van der Waals surface area contributed by atoms with Crippen molar-refractivity contribution >= 4 is 11.9 Å². The van der Waals surface area contributed by atoms with Gasteiger partial charge in [0.2, 0.25) is 0 Å². The minimum atomic E-state index is -1.11. The lowest BCUT2D eigenvalue weighted by molar-refractivity contribution is -0.133. The number of carbonyl (C=O) groups excluding carboxylic acids is 1. The molecular formula is C20H20FN3O2. The maximum absolute atomic E-state index is 13.6. The van der Waals surface area contributed by atoms with Gasteiger partial charge in [-0.1, -0.05) is 18.2 Å². The van der Waals surface area contributed by atoms with Gasteiger partial charge in [0.25, 0.3) is 5.91 Å². The highest BCUT2D eigenvalue weighted by Crippen LogP contribution is 2.49. The number of nitrogens with zero attached hydrogens (tertiary/aromatic N) is 2. The van der Waals surface area contributed by atoms with Crippen LogP contribution in [0.25, 0.3) is 11.1 Å². The Morgan fingerprint density at radius 2 is 1.92 bits per heavy atom. The first-order chi connectivity index (χ1) is 12.2. The number of amides is 1. The summed E-state index contributed by atoms with van der Waals surface area (Å²) in [4.78, 5) is 19.0. The summed E-state index contributed by atoms with van der Waals surface area (Å²) in [7, 11) is 1.62. The van der Waals surface area contributed by atoms with Crippen LogP contribution in [0.15, 0.2) is 47.5 Å². The highest BCUT2D eigenvalue weighted by atomic mass is 19.1. The second kappa shape index (κ2) is 5.30. The highest BCUT2D eigenvalue weighted by molar-refractivity contribution is 6.07. The van der Waals surface area contributed by atoms with Crippen LogP contribution < -0.4 is 10.5 Å².